The summed E-state index contributed by atoms with van der Waals surface area (Å²) in [5.41, 5.74) is -0.217. The number of nitrogens with zero attached hydrogens (tertiary/aromatic N) is 4. The third-order valence-corrected chi connectivity index (χ3v) is 4.86. The van der Waals surface area contributed by atoms with E-state index < -0.39 is 17.8 Å². The van der Waals surface area contributed by atoms with Gasteiger partial charge in [0.25, 0.3) is 0 Å². The molecule has 0 saturated carbocycles. The second kappa shape index (κ2) is 8.14. The van der Waals surface area contributed by atoms with Gasteiger partial charge in [-0.3, -0.25) is 14.2 Å². The zero-order chi connectivity index (χ0) is 20.5. The molecule has 148 valence electrons. The van der Waals surface area contributed by atoms with E-state index in [0.717, 1.165) is 22.5 Å². The Hall–Kier alpha value is -2.04. The van der Waals surface area contributed by atoms with Gasteiger partial charge in [0.2, 0.25) is 5.91 Å². The predicted octanol–water partition coefficient (Wildman–Crippen LogP) is 4.85. The fourth-order valence-corrected chi connectivity index (χ4v) is 3.04. The summed E-state index contributed by atoms with van der Waals surface area (Å²) in [5, 5.41) is 10.9. The van der Waals surface area contributed by atoms with Crippen LogP contribution in [0.25, 0.3) is 0 Å². The van der Waals surface area contributed by atoms with Gasteiger partial charge in [0.15, 0.2) is 11.5 Å². The van der Waals surface area contributed by atoms with Crippen LogP contribution in [-0.2, 0) is 24.1 Å². The monoisotopic (exact) mass is 495 g/mol. The van der Waals surface area contributed by atoms with Crippen molar-refractivity contribution in [1.29, 1.82) is 0 Å². The Bertz CT molecular complexity index is 1020. The van der Waals surface area contributed by atoms with E-state index in [2.05, 4.69) is 31.4 Å². The average Bonchev–Trinajstić information content (AvgIpc) is 3.18. The Morgan fingerprint density at radius 1 is 1.14 bits per heavy atom. The lowest BCUT2D eigenvalue weighted by Gasteiger charge is -2.05. The molecular weight excluding hydrogens is 486 g/mol. The van der Waals surface area contributed by atoms with Crippen LogP contribution in [0.1, 0.15) is 11.3 Å². The number of alkyl halides is 3. The first kappa shape index (κ1) is 20.7. The molecule has 0 saturated heterocycles. The van der Waals surface area contributed by atoms with Gasteiger partial charge in [-0.2, -0.15) is 23.4 Å². The quantitative estimate of drug-likeness (QED) is 0.549. The Morgan fingerprint density at radius 2 is 1.89 bits per heavy atom. The van der Waals surface area contributed by atoms with E-state index in [4.69, 9.17) is 23.2 Å². The number of benzene rings is 1. The van der Waals surface area contributed by atoms with Crippen LogP contribution in [-0.4, -0.2) is 25.5 Å². The molecule has 0 spiro atoms. The fraction of sp³-hybridized carbons (Fsp3) is 0.188. The minimum absolute atomic E-state index is 0.230. The largest absolute Gasteiger partial charge is 0.435 e. The topological polar surface area (TPSA) is 64.7 Å². The van der Waals surface area contributed by atoms with Crippen molar-refractivity contribution in [3.05, 3.63) is 62.4 Å². The molecule has 28 heavy (non-hydrogen) atoms. The van der Waals surface area contributed by atoms with Crippen LogP contribution in [0.15, 0.2) is 41.1 Å². The van der Waals surface area contributed by atoms with E-state index in [0.29, 0.717) is 21.1 Å². The molecule has 0 aliphatic heterocycles. The molecule has 3 rings (SSSR count). The Kier molecular flexibility index (Phi) is 6.01. The first-order chi connectivity index (χ1) is 13.1. The van der Waals surface area contributed by atoms with E-state index in [1.807, 2.05) is 0 Å². The van der Waals surface area contributed by atoms with E-state index >= 15 is 0 Å². The normalized spacial score (nSPS) is 11.6. The van der Waals surface area contributed by atoms with E-state index in [-0.39, 0.29) is 12.4 Å². The van der Waals surface area contributed by atoms with E-state index in [9.17, 15) is 18.0 Å². The van der Waals surface area contributed by atoms with Crippen LogP contribution < -0.4 is 5.32 Å². The molecule has 0 bridgehead atoms. The number of anilines is 1. The number of carbonyl (C=O) groups excluding carboxylic acids is 1. The van der Waals surface area contributed by atoms with Crippen LogP contribution in [0.4, 0.5) is 19.0 Å². The number of rotatable bonds is 5. The summed E-state index contributed by atoms with van der Waals surface area (Å²) in [6.45, 7) is -0.0123. The Labute approximate surface area is 175 Å². The zero-order valence-corrected chi connectivity index (χ0v) is 16.9. The highest BCUT2D eigenvalue weighted by Crippen LogP contribution is 2.27. The van der Waals surface area contributed by atoms with Crippen molar-refractivity contribution in [2.75, 3.05) is 5.32 Å². The van der Waals surface area contributed by atoms with Crippen LogP contribution in [0, 0.1) is 0 Å². The van der Waals surface area contributed by atoms with Crippen molar-refractivity contribution in [2.45, 2.75) is 19.3 Å². The van der Waals surface area contributed by atoms with E-state index in [1.165, 1.54) is 0 Å². The van der Waals surface area contributed by atoms with Crippen molar-refractivity contribution in [3.63, 3.8) is 0 Å². The lowest BCUT2D eigenvalue weighted by atomic mass is 10.2. The van der Waals surface area contributed by atoms with Crippen LogP contribution in [0.3, 0.4) is 0 Å². The zero-order valence-electron chi connectivity index (χ0n) is 13.8. The molecule has 1 N–H and O–H groups in total. The van der Waals surface area contributed by atoms with E-state index in [1.54, 1.807) is 29.1 Å². The molecule has 0 aliphatic carbocycles. The average molecular weight is 497 g/mol. The van der Waals surface area contributed by atoms with Gasteiger partial charge >= 0.3 is 6.18 Å². The second-order valence-corrected chi connectivity index (χ2v) is 7.38. The summed E-state index contributed by atoms with van der Waals surface area (Å²) in [4.78, 5) is 12.1. The molecule has 2 heterocycles. The minimum atomic E-state index is -4.56. The number of carbonyl (C=O) groups is 1. The standard InChI is InChI=1S/C16H11BrCl2F3N5O/c17-10-7-27(6-9-1-2-11(18)12(19)5-9)25-15(10)23-14(28)8-26-4-3-13(24-26)16(20,21)22/h1-5,7H,6,8H2,(H,23,25,28). The molecule has 0 radical (unpaired) electrons. The summed E-state index contributed by atoms with van der Waals surface area (Å²) in [6.07, 6.45) is -1.83. The van der Waals surface area contributed by atoms with Gasteiger partial charge in [0, 0.05) is 12.4 Å². The number of amides is 1. The first-order valence-corrected chi connectivity index (χ1v) is 9.24. The highest BCUT2D eigenvalue weighted by molar-refractivity contribution is 9.10. The van der Waals surface area contributed by atoms with Crippen molar-refractivity contribution >= 4 is 50.9 Å². The summed E-state index contributed by atoms with van der Waals surface area (Å²) >= 11 is 15.2. The summed E-state index contributed by atoms with van der Waals surface area (Å²) < 4.78 is 40.6. The molecular formula is C16H11BrCl2F3N5O. The number of hydrogen-bond donors (Lipinski definition) is 1. The number of nitrogens with one attached hydrogen (secondary N) is 1. The number of aromatic nitrogens is 4. The maximum atomic E-state index is 12.6. The molecule has 0 unspecified atom stereocenters. The van der Waals surface area contributed by atoms with Gasteiger partial charge in [-0.05, 0) is 39.7 Å². The highest BCUT2D eigenvalue weighted by atomic mass is 79.9. The molecule has 0 atom stereocenters. The third-order valence-electron chi connectivity index (χ3n) is 3.54. The van der Waals surface area contributed by atoms with Crippen molar-refractivity contribution in [2.24, 2.45) is 0 Å². The number of halogens is 6. The van der Waals surface area contributed by atoms with Gasteiger partial charge < -0.3 is 5.32 Å². The van der Waals surface area contributed by atoms with Gasteiger partial charge in [0.1, 0.15) is 6.54 Å². The number of hydrogen-bond acceptors (Lipinski definition) is 3. The molecule has 3 aromatic rings. The molecule has 1 aromatic carbocycles. The minimum Gasteiger partial charge on any atom is -0.307 e. The highest BCUT2D eigenvalue weighted by Gasteiger charge is 2.33. The lowest BCUT2D eigenvalue weighted by Crippen LogP contribution is -2.20. The molecule has 1 amide bonds. The molecule has 2 aromatic heterocycles. The fourth-order valence-electron chi connectivity index (χ4n) is 2.31. The molecule has 0 fully saturated rings. The molecule has 0 aliphatic rings. The lowest BCUT2D eigenvalue weighted by molar-refractivity contribution is -0.141. The SMILES string of the molecule is O=C(Cn1ccc(C(F)(F)F)n1)Nc1nn(Cc2ccc(Cl)c(Cl)c2)cc1Br. The van der Waals surface area contributed by atoms with Crippen LogP contribution >= 0.6 is 39.1 Å². The summed E-state index contributed by atoms with van der Waals surface area (Å²) in [6, 6.07) is 5.96. The van der Waals surface area contributed by atoms with Gasteiger partial charge in [-0.1, -0.05) is 29.3 Å². The van der Waals surface area contributed by atoms with Gasteiger partial charge in [0.05, 0.1) is 21.1 Å². The molecule has 12 heteroatoms. The predicted molar refractivity (Wildman–Crippen MR) is 101 cm³/mol. The third kappa shape index (κ3) is 5.06. The Morgan fingerprint density at radius 3 is 2.54 bits per heavy atom. The smallest absolute Gasteiger partial charge is 0.307 e. The van der Waals surface area contributed by atoms with Crippen LogP contribution in [0.2, 0.25) is 10.0 Å². The van der Waals surface area contributed by atoms with Gasteiger partial charge in [-0.25, -0.2) is 0 Å². The summed E-state index contributed by atoms with van der Waals surface area (Å²) in [7, 11) is 0. The summed E-state index contributed by atoms with van der Waals surface area (Å²) in [5.74, 6) is -0.342. The van der Waals surface area contributed by atoms with Gasteiger partial charge in [-0.15, -0.1) is 0 Å². The second-order valence-electron chi connectivity index (χ2n) is 5.72. The van der Waals surface area contributed by atoms with Crippen molar-refractivity contribution in [1.82, 2.24) is 19.6 Å². The Balaban J connectivity index is 1.65. The molecule has 6 nitrogen and oxygen atoms in total. The maximum absolute atomic E-state index is 12.6. The van der Waals surface area contributed by atoms with Crippen molar-refractivity contribution < 1.29 is 18.0 Å². The first-order valence-electron chi connectivity index (χ1n) is 7.69. The van der Waals surface area contributed by atoms with Crippen molar-refractivity contribution in [3.8, 4) is 0 Å². The van der Waals surface area contributed by atoms with Crippen LogP contribution in [0.5, 0.6) is 0 Å². The maximum Gasteiger partial charge on any atom is 0.435 e.